The van der Waals surface area contributed by atoms with Crippen molar-refractivity contribution in [3.63, 3.8) is 0 Å². The maximum atomic E-state index is 12.9. The van der Waals surface area contributed by atoms with E-state index in [2.05, 4.69) is 20.3 Å². The summed E-state index contributed by atoms with van der Waals surface area (Å²) in [6.45, 7) is 0.940. The Bertz CT molecular complexity index is 1370. The molecule has 35 heavy (non-hydrogen) atoms. The molecule has 0 radical (unpaired) electrons. The maximum Gasteiger partial charge on any atom is 0.287 e. The van der Waals surface area contributed by atoms with Gasteiger partial charge in [-0.2, -0.15) is 4.98 Å². The molecule has 0 aromatic carbocycles. The molecule has 3 aromatic rings. The van der Waals surface area contributed by atoms with Gasteiger partial charge in [-0.25, -0.2) is 27.2 Å². The van der Waals surface area contributed by atoms with Gasteiger partial charge in [0.25, 0.3) is 18.2 Å². The SMILES string of the molecule is Cn1c(C(=O)NC2(C)CCS(=O)(=O)CC2)nc2ccc(Oc3ncc(Cl)cc3OCC(F)F)nc21. The average molecular weight is 530 g/mol. The monoisotopic (exact) mass is 529 g/mol. The number of amides is 1. The maximum absolute atomic E-state index is 12.9. The first-order chi connectivity index (χ1) is 16.4. The Morgan fingerprint density at radius 2 is 2.00 bits per heavy atom. The Morgan fingerprint density at radius 3 is 2.69 bits per heavy atom. The fourth-order valence-electron chi connectivity index (χ4n) is 3.59. The van der Waals surface area contributed by atoms with Gasteiger partial charge in [-0.15, -0.1) is 0 Å². The summed E-state index contributed by atoms with van der Waals surface area (Å²) in [5.41, 5.74) is 0.0737. The lowest BCUT2D eigenvalue weighted by Gasteiger charge is -2.34. The van der Waals surface area contributed by atoms with Crippen LogP contribution in [0.15, 0.2) is 24.4 Å². The zero-order valence-corrected chi connectivity index (χ0v) is 20.4. The predicted molar refractivity (Wildman–Crippen MR) is 123 cm³/mol. The number of alkyl halides is 2. The highest BCUT2D eigenvalue weighted by Gasteiger charge is 2.35. The molecule has 4 rings (SSSR count). The van der Waals surface area contributed by atoms with E-state index in [1.54, 1.807) is 20.0 Å². The Hall–Kier alpha value is -3.06. The summed E-state index contributed by atoms with van der Waals surface area (Å²) in [6.07, 6.45) is -0.805. The second kappa shape index (κ2) is 9.53. The molecular weight excluding hydrogens is 508 g/mol. The van der Waals surface area contributed by atoms with E-state index in [0.29, 0.717) is 24.0 Å². The fraction of sp³-hybridized carbons (Fsp3) is 0.429. The van der Waals surface area contributed by atoms with Crippen molar-refractivity contribution in [1.82, 2.24) is 24.8 Å². The van der Waals surface area contributed by atoms with Crippen molar-refractivity contribution in [2.75, 3.05) is 18.1 Å². The number of hydrogen-bond donors (Lipinski definition) is 1. The molecule has 0 aliphatic carbocycles. The first-order valence-electron chi connectivity index (χ1n) is 10.6. The van der Waals surface area contributed by atoms with E-state index in [9.17, 15) is 22.0 Å². The van der Waals surface area contributed by atoms with Crippen LogP contribution < -0.4 is 14.8 Å². The van der Waals surface area contributed by atoms with Crippen LogP contribution in [0.4, 0.5) is 8.78 Å². The van der Waals surface area contributed by atoms with Crippen LogP contribution in [0, 0.1) is 0 Å². The van der Waals surface area contributed by atoms with E-state index in [1.807, 2.05) is 0 Å². The lowest BCUT2D eigenvalue weighted by molar-refractivity contribution is 0.0803. The number of aryl methyl sites for hydroxylation is 1. The summed E-state index contributed by atoms with van der Waals surface area (Å²) in [6, 6.07) is 4.37. The zero-order valence-electron chi connectivity index (χ0n) is 18.8. The molecule has 1 amide bonds. The standard InChI is InChI=1S/C21H22ClF2N5O5S/c1-21(5-7-35(31,32)8-6-21)28-19(30)18-26-13-3-4-16(27-17(13)29(18)2)34-20-14(33-11-15(23)24)9-12(22)10-25-20/h3-4,9-10,15H,5-8,11H2,1-2H3,(H,28,30). The fourth-order valence-corrected chi connectivity index (χ4v) is 5.47. The molecule has 3 aromatic heterocycles. The van der Waals surface area contributed by atoms with Gasteiger partial charge in [0.15, 0.2) is 11.4 Å². The molecule has 0 spiro atoms. The Kier molecular flexibility index (Phi) is 6.82. The van der Waals surface area contributed by atoms with Gasteiger partial charge in [-0.3, -0.25) is 4.79 Å². The Labute approximate surface area is 204 Å². The molecule has 0 bridgehead atoms. The number of imidazole rings is 1. The van der Waals surface area contributed by atoms with Crippen molar-refractivity contribution in [3.05, 3.63) is 35.2 Å². The largest absolute Gasteiger partial charge is 0.482 e. The van der Waals surface area contributed by atoms with E-state index >= 15 is 0 Å². The molecule has 1 saturated heterocycles. The quantitative estimate of drug-likeness (QED) is 0.495. The van der Waals surface area contributed by atoms with Crippen molar-refractivity contribution in [1.29, 1.82) is 0 Å². The third-order valence-electron chi connectivity index (χ3n) is 5.59. The number of nitrogens with zero attached hydrogens (tertiary/aromatic N) is 4. The molecule has 4 heterocycles. The highest BCUT2D eigenvalue weighted by atomic mass is 35.5. The minimum atomic E-state index is -3.08. The lowest BCUT2D eigenvalue weighted by atomic mass is 9.95. The number of hydrogen-bond acceptors (Lipinski definition) is 8. The van der Waals surface area contributed by atoms with Crippen LogP contribution in [0.3, 0.4) is 0 Å². The summed E-state index contributed by atoms with van der Waals surface area (Å²) in [7, 11) is -1.48. The zero-order chi connectivity index (χ0) is 25.4. The summed E-state index contributed by atoms with van der Waals surface area (Å²) in [5, 5.41) is 3.07. The van der Waals surface area contributed by atoms with Gasteiger partial charge in [0.2, 0.25) is 11.7 Å². The highest BCUT2D eigenvalue weighted by Crippen LogP contribution is 2.32. The van der Waals surface area contributed by atoms with Crippen LogP contribution in [-0.4, -0.2) is 63.9 Å². The normalized spacial score (nSPS) is 16.9. The van der Waals surface area contributed by atoms with Crippen LogP contribution >= 0.6 is 11.6 Å². The Balaban J connectivity index is 1.55. The molecule has 0 atom stereocenters. The van der Waals surface area contributed by atoms with E-state index < -0.39 is 34.3 Å². The molecule has 1 fully saturated rings. The van der Waals surface area contributed by atoms with Crippen LogP contribution in [-0.2, 0) is 16.9 Å². The highest BCUT2D eigenvalue weighted by molar-refractivity contribution is 7.91. The lowest BCUT2D eigenvalue weighted by Crippen LogP contribution is -2.51. The number of carbonyl (C=O) groups is 1. The summed E-state index contributed by atoms with van der Waals surface area (Å²) >= 11 is 5.88. The number of carbonyl (C=O) groups excluding carboxylic acids is 1. The van der Waals surface area contributed by atoms with Gasteiger partial charge >= 0.3 is 0 Å². The molecule has 0 unspecified atom stereocenters. The number of aromatic nitrogens is 4. The number of rotatable bonds is 7. The molecule has 1 aliphatic rings. The molecular formula is C21H22ClF2N5O5S. The van der Waals surface area contributed by atoms with E-state index in [-0.39, 0.29) is 39.9 Å². The number of ether oxygens (including phenoxy) is 2. The second-order valence-electron chi connectivity index (χ2n) is 8.41. The molecule has 1 aliphatic heterocycles. The molecule has 0 saturated carbocycles. The second-order valence-corrected chi connectivity index (χ2v) is 11.2. The first kappa shape index (κ1) is 25.0. The number of fused-ring (bicyclic) bond motifs is 1. The third-order valence-corrected chi connectivity index (χ3v) is 7.45. The van der Waals surface area contributed by atoms with Crippen molar-refractivity contribution in [2.24, 2.45) is 7.05 Å². The summed E-state index contributed by atoms with van der Waals surface area (Å²) in [4.78, 5) is 25.6. The first-order valence-corrected chi connectivity index (χ1v) is 12.8. The van der Waals surface area contributed by atoms with E-state index in [0.717, 1.165) is 0 Å². The number of sulfone groups is 1. The number of pyridine rings is 2. The smallest absolute Gasteiger partial charge is 0.287 e. The third kappa shape index (κ3) is 5.78. The van der Waals surface area contributed by atoms with Crippen molar-refractivity contribution >= 4 is 38.5 Å². The molecule has 14 heteroatoms. The van der Waals surface area contributed by atoms with Gasteiger partial charge in [-0.1, -0.05) is 11.6 Å². The topological polar surface area (TPSA) is 125 Å². The van der Waals surface area contributed by atoms with Crippen LogP contribution in [0.1, 0.15) is 30.4 Å². The van der Waals surface area contributed by atoms with Crippen molar-refractivity contribution < 1.29 is 31.5 Å². The minimum absolute atomic E-state index is 0.0102. The van der Waals surface area contributed by atoms with Gasteiger partial charge in [0.1, 0.15) is 22.0 Å². The molecule has 1 N–H and O–H groups in total. The summed E-state index contributed by atoms with van der Waals surface area (Å²) in [5.74, 6) is -0.475. The van der Waals surface area contributed by atoms with Gasteiger partial charge < -0.3 is 19.4 Å². The average Bonchev–Trinajstić information content (AvgIpc) is 3.12. The van der Waals surface area contributed by atoms with Gasteiger partial charge in [0, 0.05) is 30.9 Å². The molecule has 188 valence electrons. The summed E-state index contributed by atoms with van der Waals surface area (Å²) < 4.78 is 60.8. The predicted octanol–water partition coefficient (Wildman–Crippen LogP) is 3.15. The number of halogens is 3. The van der Waals surface area contributed by atoms with Crippen molar-refractivity contribution in [2.45, 2.75) is 31.7 Å². The molecule has 10 nitrogen and oxygen atoms in total. The Morgan fingerprint density at radius 1 is 1.29 bits per heavy atom. The van der Waals surface area contributed by atoms with Gasteiger partial charge in [-0.05, 0) is 25.8 Å². The van der Waals surface area contributed by atoms with Crippen molar-refractivity contribution in [3.8, 4) is 17.5 Å². The van der Waals surface area contributed by atoms with Crippen LogP contribution in [0.5, 0.6) is 17.5 Å². The van der Waals surface area contributed by atoms with Crippen LogP contribution in [0.25, 0.3) is 11.2 Å². The van der Waals surface area contributed by atoms with Gasteiger partial charge in [0.05, 0.1) is 16.5 Å². The van der Waals surface area contributed by atoms with E-state index in [4.69, 9.17) is 21.1 Å². The van der Waals surface area contributed by atoms with E-state index in [1.165, 1.54) is 22.9 Å². The minimum Gasteiger partial charge on any atom is -0.482 e. The van der Waals surface area contributed by atoms with Crippen LogP contribution in [0.2, 0.25) is 5.02 Å². The number of nitrogens with one attached hydrogen (secondary N) is 1.